The minimum Gasteiger partial charge on any atom is -0.467 e. The summed E-state index contributed by atoms with van der Waals surface area (Å²) >= 11 is 0. The minimum absolute atomic E-state index is 0.0367. The first-order chi connectivity index (χ1) is 14.5. The summed E-state index contributed by atoms with van der Waals surface area (Å²) in [6.45, 7) is 6.94. The molecule has 0 atom stereocenters. The van der Waals surface area contributed by atoms with Crippen molar-refractivity contribution in [3.8, 4) is 11.4 Å². The zero-order chi connectivity index (χ0) is 20.7. The number of rotatable bonds is 3. The molecule has 2 aliphatic heterocycles. The summed E-state index contributed by atoms with van der Waals surface area (Å²) in [7, 11) is 0. The van der Waals surface area contributed by atoms with E-state index in [-0.39, 0.29) is 5.91 Å². The van der Waals surface area contributed by atoms with E-state index < -0.39 is 5.72 Å². The summed E-state index contributed by atoms with van der Waals surface area (Å²) in [6.07, 6.45) is 5.24. The van der Waals surface area contributed by atoms with Gasteiger partial charge in [0.25, 0.3) is 5.91 Å². The number of nitrogens with one attached hydrogen (secondary N) is 1. The fourth-order valence-electron chi connectivity index (χ4n) is 4.67. The molecule has 2 aromatic heterocycles. The predicted molar refractivity (Wildman–Crippen MR) is 115 cm³/mol. The van der Waals surface area contributed by atoms with E-state index in [0.29, 0.717) is 11.3 Å². The second-order valence-corrected chi connectivity index (χ2v) is 8.27. The Bertz CT molecular complexity index is 1080. The number of ether oxygens (including phenoxy) is 1. The van der Waals surface area contributed by atoms with Crippen LogP contribution in [0.15, 0.2) is 54.9 Å². The molecular formula is C24H26N4O2. The smallest absolute Gasteiger partial charge is 0.258 e. The third kappa shape index (κ3) is 3.27. The summed E-state index contributed by atoms with van der Waals surface area (Å²) < 4.78 is 8.52. The number of para-hydroxylation sites is 1. The lowest BCUT2D eigenvalue weighted by molar-refractivity contribution is -0.0304. The second-order valence-electron chi connectivity index (χ2n) is 8.27. The summed E-state index contributed by atoms with van der Waals surface area (Å²) in [6, 6.07) is 13.8. The topological polar surface area (TPSA) is 59.4 Å². The fourth-order valence-corrected chi connectivity index (χ4v) is 4.67. The molecule has 1 aromatic carbocycles. The highest BCUT2D eigenvalue weighted by Gasteiger charge is 2.42. The number of fused-ring (bicyclic) bond motifs is 1. The van der Waals surface area contributed by atoms with E-state index in [4.69, 9.17) is 4.74 Å². The van der Waals surface area contributed by atoms with Gasteiger partial charge in [-0.05, 0) is 49.7 Å². The zero-order valence-electron chi connectivity index (χ0n) is 17.4. The third-order valence-corrected chi connectivity index (χ3v) is 6.28. The average molecular weight is 402 g/mol. The number of amides is 1. The quantitative estimate of drug-likeness (QED) is 0.727. The van der Waals surface area contributed by atoms with Crippen molar-refractivity contribution in [3.63, 3.8) is 0 Å². The van der Waals surface area contributed by atoms with Crippen molar-refractivity contribution in [2.75, 3.05) is 13.1 Å². The molecule has 0 radical (unpaired) electrons. The van der Waals surface area contributed by atoms with E-state index in [1.807, 2.05) is 36.5 Å². The number of hydrogen-bond acceptors (Lipinski definition) is 4. The van der Waals surface area contributed by atoms with Crippen molar-refractivity contribution in [2.45, 2.75) is 39.0 Å². The van der Waals surface area contributed by atoms with Crippen molar-refractivity contribution in [1.82, 2.24) is 19.8 Å². The van der Waals surface area contributed by atoms with Crippen molar-refractivity contribution in [1.29, 1.82) is 0 Å². The number of likely N-dealkylation sites (tertiary alicyclic amines) is 1. The van der Waals surface area contributed by atoms with Crippen LogP contribution in [0, 0.1) is 13.8 Å². The van der Waals surface area contributed by atoms with Gasteiger partial charge in [-0.3, -0.25) is 14.7 Å². The molecule has 154 valence electrons. The number of benzene rings is 1. The number of carbonyl (C=O) groups is 1. The van der Waals surface area contributed by atoms with Crippen LogP contribution in [0.2, 0.25) is 0 Å². The molecular weight excluding hydrogens is 376 g/mol. The fraction of sp³-hybridized carbons (Fsp3) is 0.333. The van der Waals surface area contributed by atoms with Crippen LogP contribution in [-0.2, 0) is 6.54 Å². The molecule has 3 aromatic rings. The van der Waals surface area contributed by atoms with Crippen LogP contribution in [0.4, 0.5) is 0 Å². The van der Waals surface area contributed by atoms with Gasteiger partial charge in [-0.15, -0.1) is 0 Å². The first-order valence-corrected chi connectivity index (χ1v) is 10.5. The number of carbonyl (C=O) groups excluding carboxylic acids is 1. The van der Waals surface area contributed by atoms with Gasteiger partial charge in [0, 0.05) is 50.1 Å². The first kappa shape index (κ1) is 18.9. The van der Waals surface area contributed by atoms with Crippen LogP contribution in [0.25, 0.3) is 5.69 Å². The van der Waals surface area contributed by atoms with Gasteiger partial charge in [-0.2, -0.15) is 0 Å². The van der Waals surface area contributed by atoms with E-state index in [1.165, 1.54) is 17.0 Å². The van der Waals surface area contributed by atoms with Gasteiger partial charge in [0.15, 0.2) is 5.72 Å². The lowest BCUT2D eigenvalue weighted by Crippen LogP contribution is -2.60. The van der Waals surface area contributed by atoms with E-state index in [1.54, 1.807) is 6.20 Å². The zero-order valence-corrected chi connectivity index (χ0v) is 17.4. The Morgan fingerprint density at radius 1 is 1.13 bits per heavy atom. The monoisotopic (exact) mass is 402 g/mol. The molecule has 2 aliphatic rings. The Hall–Kier alpha value is -3.12. The Morgan fingerprint density at radius 2 is 1.93 bits per heavy atom. The minimum atomic E-state index is -0.589. The maximum absolute atomic E-state index is 12.5. The Labute approximate surface area is 176 Å². The standard InChI is InChI=1S/C24H26N4O2/c1-17-14-19(18(2)28(17)20-6-5-11-25-15-20)16-27-12-9-24(10-13-27)26-23(29)21-7-3-4-8-22(21)30-24/h3-8,11,14-15H,9-10,12-13,16H2,1-2H3,(H,26,29). The molecule has 4 heterocycles. The van der Waals surface area contributed by atoms with Gasteiger partial charge in [-0.1, -0.05) is 12.1 Å². The third-order valence-electron chi connectivity index (χ3n) is 6.28. The number of aryl methyl sites for hydroxylation is 1. The molecule has 30 heavy (non-hydrogen) atoms. The van der Waals surface area contributed by atoms with Crippen LogP contribution in [0.5, 0.6) is 5.75 Å². The van der Waals surface area contributed by atoms with Gasteiger partial charge >= 0.3 is 0 Å². The Morgan fingerprint density at radius 3 is 2.70 bits per heavy atom. The maximum Gasteiger partial charge on any atom is 0.258 e. The van der Waals surface area contributed by atoms with Crippen LogP contribution in [0.3, 0.4) is 0 Å². The first-order valence-electron chi connectivity index (χ1n) is 10.5. The van der Waals surface area contributed by atoms with E-state index in [0.717, 1.165) is 38.2 Å². The summed E-state index contributed by atoms with van der Waals surface area (Å²) in [4.78, 5) is 19.2. The van der Waals surface area contributed by atoms with Crippen molar-refractivity contribution < 1.29 is 9.53 Å². The number of pyridine rings is 1. The molecule has 1 spiro atoms. The highest BCUT2D eigenvalue weighted by molar-refractivity contribution is 5.98. The van der Waals surface area contributed by atoms with Gasteiger partial charge in [0.1, 0.15) is 5.75 Å². The molecule has 5 rings (SSSR count). The largest absolute Gasteiger partial charge is 0.467 e. The normalized spacial score (nSPS) is 18.0. The van der Waals surface area contributed by atoms with E-state index in [9.17, 15) is 4.79 Å². The van der Waals surface area contributed by atoms with Crippen LogP contribution >= 0.6 is 0 Å². The van der Waals surface area contributed by atoms with Crippen LogP contribution in [-0.4, -0.2) is 39.2 Å². The summed E-state index contributed by atoms with van der Waals surface area (Å²) in [5.74, 6) is 0.653. The highest BCUT2D eigenvalue weighted by atomic mass is 16.5. The predicted octanol–water partition coefficient (Wildman–Crippen LogP) is 3.60. The van der Waals surface area contributed by atoms with Gasteiger partial charge in [0.05, 0.1) is 17.4 Å². The molecule has 0 saturated carbocycles. The SMILES string of the molecule is Cc1cc(CN2CCC3(CC2)NC(=O)c2ccccc2O3)c(C)n1-c1cccnc1. The van der Waals surface area contributed by atoms with Gasteiger partial charge in [0.2, 0.25) is 0 Å². The lowest BCUT2D eigenvalue weighted by Gasteiger charge is -2.44. The van der Waals surface area contributed by atoms with Gasteiger partial charge < -0.3 is 14.6 Å². The number of piperidine rings is 1. The van der Waals surface area contributed by atoms with E-state index >= 15 is 0 Å². The second kappa shape index (κ2) is 7.29. The lowest BCUT2D eigenvalue weighted by atomic mass is 9.96. The Balaban J connectivity index is 1.29. The van der Waals surface area contributed by atoms with Crippen LogP contribution in [0.1, 0.15) is 40.2 Å². The Kier molecular flexibility index (Phi) is 4.59. The molecule has 0 bridgehead atoms. The molecule has 1 amide bonds. The number of hydrogen-bond donors (Lipinski definition) is 1. The maximum atomic E-state index is 12.5. The molecule has 6 heteroatoms. The molecule has 1 N–H and O–H groups in total. The van der Waals surface area contributed by atoms with Crippen molar-refractivity contribution >= 4 is 5.91 Å². The molecule has 6 nitrogen and oxygen atoms in total. The van der Waals surface area contributed by atoms with Gasteiger partial charge in [-0.25, -0.2) is 0 Å². The van der Waals surface area contributed by atoms with Crippen molar-refractivity contribution in [2.24, 2.45) is 0 Å². The molecule has 0 aliphatic carbocycles. The van der Waals surface area contributed by atoms with Crippen LogP contribution < -0.4 is 10.1 Å². The molecule has 1 saturated heterocycles. The summed E-state index contributed by atoms with van der Waals surface area (Å²) in [5, 5.41) is 3.12. The molecule has 1 fully saturated rings. The summed E-state index contributed by atoms with van der Waals surface area (Å²) in [5.41, 5.74) is 4.91. The van der Waals surface area contributed by atoms with Crippen molar-refractivity contribution in [3.05, 3.63) is 77.4 Å². The molecule has 0 unspecified atom stereocenters. The number of nitrogens with zero attached hydrogens (tertiary/aromatic N) is 3. The van der Waals surface area contributed by atoms with E-state index in [2.05, 4.69) is 45.7 Å². The highest BCUT2D eigenvalue weighted by Crippen LogP contribution is 2.34. The average Bonchev–Trinajstić information content (AvgIpc) is 3.03. The number of aromatic nitrogens is 2.